The fourth-order valence-corrected chi connectivity index (χ4v) is 2.89. The molecule has 0 amide bonds. The van der Waals surface area contributed by atoms with Crippen LogP contribution in [0.3, 0.4) is 0 Å². The maximum atomic E-state index is 11.9. The first-order chi connectivity index (χ1) is 9.15. The lowest BCUT2D eigenvalue weighted by atomic mass is 10.2. The number of hydrogen-bond donors (Lipinski definition) is 1. The van der Waals surface area contributed by atoms with Crippen LogP contribution in [0, 0.1) is 0 Å². The van der Waals surface area contributed by atoms with Crippen LogP contribution in [0.5, 0.6) is 5.75 Å². The third kappa shape index (κ3) is 3.13. The first-order valence-corrected chi connectivity index (χ1v) is 7.16. The number of phenols is 1. The molecule has 0 saturated heterocycles. The number of aromatic hydroxyl groups is 1. The third-order valence-corrected chi connectivity index (χ3v) is 4.08. The van der Waals surface area contributed by atoms with E-state index in [4.69, 9.17) is 13.5 Å². The largest absolute Gasteiger partial charge is 0.508 e. The molecular formula is C13H15O5P. The molecule has 0 bridgehead atoms. The topological polar surface area (TPSA) is 68.9 Å². The summed E-state index contributed by atoms with van der Waals surface area (Å²) in [6.45, 7) is 4.60. The van der Waals surface area contributed by atoms with Crippen molar-refractivity contribution in [3.8, 4) is 5.75 Å². The van der Waals surface area contributed by atoms with Crippen molar-refractivity contribution in [2.24, 2.45) is 0 Å². The second kappa shape index (κ2) is 6.15. The van der Waals surface area contributed by atoms with Gasteiger partial charge in [0.2, 0.25) is 8.38 Å². The molecule has 0 fully saturated rings. The van der Waals surface area contributed by atoms with Crippen molar-refractivity contribution < 1.29 is 18.6 Å². The first-order valence-electron chi connectivity index (χ1n) is 5.98. The van der Waals surface area contributed by atoms with E-state index in [2.05, 4.69) is 0 Å². The van der Waals surface area contributed by atoms with E-state index in [-0.39, 0.29) is 5.75 Å². The van der Waals surface area contributed by atoms with E-state index < -0.39 is 14.0 Å². The predicted octanol–water partition coefficient (Wildman–Crippen LogP) is 2.51. The summed E-state index contributed by atoms with van der Waals surface area (Å²) in [7, 11) is -1.43. The van der Waals surface area contributed by atoms with Crippen molar-refractivity contribution in [1.82, 2.24) is 0 Å². The Morgan fingerprint density at radius 1 is 1.21 bits per heavy atom. The minimum Gasteiger partial charge on any atom is -0.508 e. The zero-order chi connectivity index (χ0) is 13.8. The SMILES string of the molecule is CCOP(OCC)c1cc2ccc(O)cc2oc1=O. The molecule has 0 saturated carbocycles. The summed E-state index contributed by atoms with van der Waals surface area (Å²) >= 11 is 0. The van der Waals surface area contributed by atoms with Gasteiger partial charge >= 0.3 is 5.63 Å². The second-order valence-corrected chi connectivity index (χ2v) is 5.25. The Morgan fingerprint density at radius 2 is 1.89 bits per heavy atom. The van der Waals surface area contributed by atoms with Gasteiger partial charge in [0.05, 0.1) is 13.2 Å². The fourth-order valence-electron chi connectivity index (χ4n) is 1.63. The maximum Gasteiger partial charge on any atom is 0.348 e. The highest BCUT2D eigenvalue weighted by molar-refractivity contribution is 7.55. The predicted molar refractivity (Wildman–Crippen MR) is 74.0 cm³/mol. The third-order valence-electron chi connectivity index (χ3n) is 2.39. The van der Waals surface area contributed by atoms with E-state index in [1.54, 1.807) is 12.1 Å². The summed E-state index contributed by atoms with van der Waals surface area (Å²) in [5.74, 6) is 0.0558. The van der Waals surface area contributed by atoms with Gasteiger partial charge in [-0.25, -0.2) is 4.79 Å². The van der Waals surface area contributed by atoms with Crippen LogP contribution in [0.25, 0.3) is 11.0 Å². The molecule has 1 heterocycles. The molecule has 2 aromatic rings. The Morgan fingerprint density at radius 3 is 2.53 bits per heavy atom. The molecule has 0 radical (unpaired) electrons. The molecule has 0 atom stereocenters. The lowest BCUT2D eigenvalue weighted by Gasteiger charge is -2.14. The molecule has 0 aliphatic rings. The Labute approximate surface area is 111 Å². The molecule has 1 aromatic carbocycles. The molecule has 0 spiro atoms. The molecule has 102 valence electrons. The van der Waals surface area contributed by atoms with Crippen molar-refractivity contribution >= 4 is 24.6 Å². The van der Waals surface area contributed by atoms with Gasteiger partial charge in [0.1, 0.15) is 16.6 Å². The zero-order valence-electron chi connectivity index (χ0n) is 10.8. The van der Waals surface area contributed by atoms with Gasteiger partial charge in [-0.15, -0.1) is 0 Å². The standard InChI is InChI=1S/C13H15O5P/c1-3-16-19(17-4-2)12-7-9-5-6-10(14)8-11(9)18-13(12)15/h5-8,14H,3-4H2,1-2H3. The Hall–Kier alpha value is -1.42. The number of phenolic OH excluding ortho intramolecular Hbond substituents is 1. The quantitative estimate of drug-likeness (QED) is 0.674. The minimum absolute atomic E-state index is 0.0558. The van der Waals surface area contributed by atoms with E-state index >= 15 is 0 Å². The van der Waals surface area contributed by atoms with E-state index in [0.29, 0.717) is 24.1 Å². The van der Waals surface area contributed by atoms with Crippen molar-refractivity contribution in [2.75, 3.05) is 13.2 Å². The molecule has 0 aliphatic heterocycles. The number of rotatable bonds is 5. The molecule has 5 nitrogen and oxygen atoms in total. The summed E-state index contributed by atoms with van der Waals surface area (Å²) < 4.78 is 16.1. The van der Waals surface area contributed by atoms with Crippen LogP contribution in [0.2, 0.25) is 0 Å². The van der Waals surface area contributed by atoms with Crippen molar-refractivity contribution in [2.45, 2.75) is 13.8 Å². The Bertz CT molecular complexity index is 616. The van der Waals surface area contributed by atoms with Crippen molar-refractivity contribution in [3.63, 3.8) is 0 Å². The molecule has 0 unspecified atom stereocenters. The van der Waals surface area contributed by atoms with Crippen LogP contribution < -0.4 is 10.9 Å². The maximum absolute atomic E-state index is 11.9. The van der Waals surface area contributed by atoms with Gasteiger partial charge in [-0.05, 0) is 32.0 Å². The van der Waals surface area contributed by atoms with Gasteiger partial charge in [-0.1, -0.05) is 0 Å². The Kier molecular flexibility index (Phi) is 4.53. The van der Waals surface area contributed by atoms with E-state index in [1.807, 2.05) is 13.8 Å². The normalized spacial score (nSPS) is 11.3. The van der Waals surface area contributed by atoms with Crippen LogP contribution in [0.4, 0.5) is 0 Å². The number of hydrogen-bond acceptors (Lipinski definition) is 5. The summed E-state index contributed by atoms with van der Waals surface area (Å²) in [6.07, 6.45) is 0. The zero-order valence-corrected chi connectivity index (χ0v) is 11.6. The first kappa shape index (κ1) is 14.0. The fraction of sp³-hybridized carbons (Fsp3) is 0.308. The van der Waals surface area contributed by atoms with Crippen molar-refractivity contribution in [1.29, 1.82) is 0 Å². The molecular weight excluding hydrogens is 267 g/mol. The number of fused-ring (bicyclic) bond motifs is 1. The van der Waals surface area contributed by atoms with Gasteiger partial charge in [-0.3, -0.25) is 0 Å². The monoisotopic (exact) mass is 282 g/mol. The highest BCUT2D eigenvalue weighted by Crippen LogP contribution is 2.36. The van der Waals surface area contributed by atoms with Crippen LogP contribution >= 0.6 is 8.38 Å². The van der Waals surface area contributed by atoms with Gasteiger partial charge in [0, 0.05) is 11.5 Å². The van der Waals surface area contributed by atoms with Gasteiger partial charge in [0.15, 0.2) is 0 Å². The minimum atomic E-state index is -1.43. The second-order valence-electron chi connectivity index (χ2n) is 3.73. The lowest BCUT2D eigenvalue weighted by Crippen LogP contribution is -2.23. The van der Waals surface area contributed by atoms with Crippen LogP contribution in [0.1, 0.15) is 13.8 Å². The lowest BCUT2D eigenvalue weighted by molar-refractivity contribution is 0.277. The van der Waals surface area contributed by atoms with Gasteiger partial charge in [-0.2, -0.15) is 0 Å². The summed E-state index contributed by atoms with van der Waals surface area (Å²) in [5, 5.41) is 10.5. The van der Waals surface area contributed by atoms with Crippen molar-refractivity contribution in [3.05, 3.63) is 34.7 Å². The molecule has 6 heteroatoms. The number of benzene rings is 1. The van der Waals surface area contributed by atoms with E-state index in [1.165, 1.54) is 12.1 Å². The average Bonchev–Trinajstić information content (AvgIpc) is 2.37. The van der Waals surface area contributed by atoms with Gasteiger partial charge in [0.25, 0.3) is 0 Å². The molecule has 2 rings (SSSR count). The molecule has 1 N–H and O–H groups in total. The van der Waals surface area contributed by atoms with Crippen LogP contribution in [-0.4, -0.2) is 18.3 Å². The summed E-state index contributed by atoms with van der Waals surface area (Å²) in [6, 6.07) is 6.32. The summed E-state index contributed by atoms with van der Waals surface area (Å²) in [4.78, 5) is 11.9. The Balaban J connectivity index is 2.50. The van der Waals surface area contributed by atoms with Crippen LogP contribution in [0.15, 0.2) is 33.5 Å². The highest BCUT2D eigenvalue weighted by atomic mass is 31.2. The van der Waals surface area contributed by atoms with Crippen LogP contribution in [-0.2, 0) is 9.05 Å². The molecule has 1 aromatic heterocycles. The smallest absolute Gasteiger partial charge is 0.348 e. The average molecular weight is 282 g/mol. The molecule has 0 aliphatic carbocycles. The molecule has 19 heavy (non-hydrogen) atoms. The van der Waals surface area contributed by atoms with Gasteiger partial charge < -0.3 is 18.6 Å². The summed E-state index contributed by atoms with van der Waals surface area (Å²) in [5.41, 5.74) is -0.150. The van der Waals surface area contributed by atoms with E-state index in [9.17, 15) is 9.90 Å². The van der Waals surface area contributed by atoms with E-state index in [0.717, 1.165) is 5.39 Å². The highest BCUT2D eigenvalue weighted by Gasteiger charge is 2.19.